The van der Waals surface area contributed by atoms with Gasteiger partial charge in [-0.2, -0.15) is 0 Å². The van der Waals surface area contributed by atoms with Gasteiger partial charge in [-0.1, -0.05) is 12.1 Å². The highest BCUT2D eigenvalue weighted by molar-refractivity contribution is 5.26. The average Bonchev–Trinajstić information content (AvgIpc) is 2.90. The van der Waals surface area contributed by atoms with Gasteiger partial charge in [-0.3, -0.25) is 4.98 Å². The first-order valence-electron chi connectivity index (χ1n) is 6.48. The summed E-state index contributed by atoms with van der Waals surface area (Å²) in [5, 5.41) is 9.31. The van der Waals surface area contributed by atoms with Crippen molar-refractivity contribution >= 4 is 0 Å². The van der Waals surface area contributed by atoms with Crippen molar-refractivity contribution < 1.29 is 5.11 Å². The number of rotatable bonds is 4. The van der Waals surface area contributed by atoms with E-state index < -0.39 is 0 Å². The Hall–Kier alpha value is -2.62. The number of pyridine rings is 1. The first-order chi connectivity index (χ1) is 9.81. The maximum atomic E-state index is 9.31. The number of nitrogens with zero attached hydrogens (tertiary/aromatic N) is 3. The van der Waals surface area contributed by atoms with Crippen molar-refractivity contribution in [3.8, 4) is 5.75 Å². The van der Waals surface area contributed by atoms with Crippen molar-refractivity contribution in [3.63, 3.8) is 0 Å². The molecule has 0 spiro atoms. The van der Waals surface area contributed by atoms with Crippen molar-refractivity contribution in [1.29, 1.82) is 0 Å². The predicted octanol–water partition coefficient (Wildman–Crippen LogP) is 2.62. The standard InChI is InChI=1S/C16H15N3O/c20-15-3-1-14(2-4-15)12-19-10-9-18-16(19)11-13-5-7-17-8-6-13/h1-10,20H,11-12H2. The molecule has 0 aliphatic heterocycles. The van der Waals surface area contributed by atoms with Crippen LogP contribution in [0.2, 0.25) is 0 Å². The molecule has 0 fully saturated rings. The second-order valence-electron chi connectivity index (χ2n) is 4.67. The number of aromatic nitrogens is 3. The van der Waals surface area contributed by atoms with Gasteiger partial charge < -0.3 is 9.67 Å². The van der Waals surface area contributed by atoms with E-state index in [1.165, 1.54) is 5.56 Å². The van der Waals surface area contributed by atoms with E-state index in [-0.39, 0.29) is 5.75 Å². The summed E-state index contributed by atoms with van der Waals surface area (Å²) >= 11 is 0. The lowest BCUT2D eigenvalue weighted by atomic mass is 10.2. The van der Waals surface area contributed by atoms with E-state index in [9.17, 15) is 5.11 Å². The van der Waals surface area contributed by atoms with Gasteiger partial charge in [0.05, 0.1) is 0 Å². The van der Waals surface area contributed by atoms with Crippen molar-refractivity contribution in [2.45, 2.75) is 13.0 Å². The zero-order valence-electron chi connectivity index (χ0n) is 11.0. The molecule has 20 heavy (non-hydrogen) atoms. The number of aromatic hydroxyl groups is 1. The smallest absolute Gasteiger partial charge is 0.115 e. The van der Waals surface area contributed by atoms with Crippen molar-refractivity contribution in [2.75, 3.05) is 0 Å². The molecule has 0 saturated heterocycles. The normalized spacial score (nSPS) is 10.6. The van der Waals surface area contributed by atoms with Crippen LogP contribution in [0.4, 0.5) is 0 Å². The number of hydrogen-bond donors (Lipinski definition) is 1. The molecule has 0 bridgehead atoms. The molecule has 2 aromatic heterocycles. The summed E-state index contributed by atoms with van der Waals surface area (Å²) in [6, 6.07) is 11.2. The summed E-state index contributed by atoms with van der Waals surface area (Å²) in [6.07, 6.45) is 8.17. The number of phenols is 1. The largest absolute Gasteiger partial charge is 0.508 e. The second-order valence-corrected chi connectivity index (χ2v) is 4.67. The molecule has 100 valence electrons. The van der Waals surface area contributed by atoms with Gasteiger partial charge in [0.2, 0.25) is 0 Å². The van der Waals surface area contributed by atoms with Gasteiger partial charge in [0, 0.05) is 37.8 Å². The summed E-state index contributed by atoms with van der Waals surface area (Å²) in [4.78, 5) is 8.44. The molecule has 0 atom stereocenters. The highest BCUT2D eigenvalue weighted by Gasteiger charge is 2.05. The SMILES string of the molecule is Oc1ccc(Cn2ccnc2Cc2ccncc2)cc1. The minimum atomic E-state index is 0.288. The third-order valence-corrected chi connectivity index (χ3v) is 3.20. The number of hydrogen-bond acceptors (Lipinski definition) is 3. The predicted molar refractivity (Wildman–Crippen MR) is 76.5 cm³/mol. The Morgan fingerprint density at radius 2 is 1.65 bits per heavy atom. The molecule has 0 unspecified atom stereocenters. The Bertz CT molecular complexity index is 674. The highest BCUT2D eigenvalue weighted by atomic mass is 16.3. The Morgan fingerprint density at radius 3 is 2.40 bits per heavy atom. The van der Waals surface area contributed by atoms with Gasteiger partial charge in [0.25, 0.3) is 0 Å². The summed E-state index contributed by atoms with van der Waals surface area (Å²) in [5.74, 6) is 1.31. The molecule has 2 heterocycles. The Morgan fingerprint density at radius 1 is 0.900 bits per heavy atom. The monoisotopic (exact) mass is 265 g/mol. The lowest BCUT2D eigenvalue weighted by molar-refractivity contribution is 0.475. The Balaban J connectivity index is 1.78. The number of benzene rings is 1. The Labute approximate surface area is 117 Å². The molecule has 0 aliphatic rings. The van der Waals surface area contributed by atoms with Crippen LogP contribution >= 0.6 is 0 Å². The number of imidazole rings is 1. The number of phenolic OH excluding ortho intramolecular Hbond substituents is 1. The van der Waals surface area contributed by atoms with Crippen molar-refractivity contribution in [3.05, 3.63) is 78.1 Å². The first-order valence-corrected chi connectivity index (χ1v) is 6.48. The van der Waals surface area contributed by atoms with E-state index in [0.717, 1.165) is 24.4 Å². The molecule has 4 heteroatoms. The fourth-order valence-corrected chi connectivity index (χ4v) is 2.13. The maximum Gasteiger partial charge on any atom is 0.115 e. The molecule has 1 aromatic carbocycles. The van der Waals surface area contributed by atoms with Gasteiger partial charge in [-0.05, 0) is 35.4 Å². The van der Waals surface area contributed by atoms with E-state index in [2.05, 4.69) is 14.5 Å². The summed E-state index contributed by atoms with van der Waals surface area (Å²) < 4.78 is 2.12. The van der Waals surface area contributed by atoms with Crippen molar-refractivity contribution in [2.24, 2.45) is 0 Å². The van der Waals surface area contributed by atoms with Gasteiger partial charge in [0.15, 0.2) is 0 Å². The third kappa shape index (κ3) is 2.85. The van der Waals surface area contributed by atoms with Crippen LogP contribution in [-0.2, 0) is 13.0 Å². The summed E-state index contributed by atoms with van der Waals surface area (Å²) in [5.41, 5.74) is 2.33. The van der Waals surface area contributed by atoms with E-state index in [4.69, 9.17) is 0 Å². The van der Waals surface area contributed by atoms with Crippen LogP contribution < -0.4 is 0 Å². The van der Waals surface area contributed by atoms with Crippen LogP contribution in [0, 0.1) is 0 Å². The van der Waals surface area contributed by atoms with Crippen LogP contribution in [0.15, 0.2) is 61.2 Å². The van der Waals surface area contributed by atoms with E-state index in [0.29, 0.717) is 0 Å². The molecule has 1 N–H and O–H groups in total. The summed E-state index contributed by atoms with van der Waals surface area (Å²) in [7, 11) is 0. The first kappa shape index (κ1) is 12.4. The zero-order valence-corrected chi connectivity index (χ0v) is 11.0. The van der Waals surface area contributed by atoms with Gasteiger partial charge >= 0.3 is 0 Å². The molecular formula is C16H15N3O. The lowest BCUT2D eigenvalue weighted by Gasteiger charge is -2.08. The maximum absolute atomic E-state index is 9.31. The van der Waals surface area contributed by atoms with Crippen LogP contribution in [0.5, 0.6) is 5.75 Å². The fraction of sp³-hybridized carbons (Fsp3) is 0.125. The third-order valence-electron chi connectivity index (χ3n) is 3.20. The molecular weight excluding hydrogens is 250 g/mol. The zero-order chi connectivity index (χ0) is 13.8. The quantitative estimate of drug-likeness (QED) is 0.789. The van der Waals surface area contributed by atoms with Gasteiger partial charge in [-0.25, -0.2) is 4.98 Å². The van der Waals surface area contributed by atoms with E-state index >= 15 is 0 Å². The van der Waals surface area contributed by atoms with Gasteiger partial charge in [0.1, 0.15) is 11.6 Å². The Kier molecular flexibility index (Phi) is 3.46. The molecule has 0 radical (unpaired) electrons. The van der Waals surface area contributed by atoms with Crippen LogP contribution in [0.3, 0.4) is 0 Å². The van der Waals surface area contributed by atoms with E-state index in [1.807, 2.05) is 36.7 Å². The minimum absolute atomic E-state index is 0.288. The highest BCUT2D eigenvalue weighted by Crippen LogP contribution is 2.13. The minimum Gasteiger partial charge on any atom is -0.508 e. The molecule has 0 aliphatic carbocycles. The topological polar surface area (TPSA) is 50.9 Å². The van der Waals surface area contributed by atoms with Crippen LogP contribution in [0.1, 0.15) is 17.0 Å². The molecule has 4 nitrogen and oxygen atoms in total. The van der Waals surface area contributed by atoms with Crippen LogP contribution in [0.25, 0.3) is 0 Å². The average molecular weight is 265 g/mol. The lowest BCUT2D eigenvalue weighted by Crippen LogP contribution is -2.05. The fourth-order valence-electron chi connectivity index (χ4n) is 2.13. The molecule has 0 amide bonds. The van der Waals surface area contributed by atoms with Gasteiger partial charge in [-0.15, -0.1) is 0 Å². The van der Waals surface area contributed by atoms with Crippen molar-refractivity contribution in [1.82, 2.24) is 14.5 Å². The molecule has 0 saturated carbocycles. The molecule has 3 aromatic rings. The van der Waals surface area contributed by atoms with Crippen LogP contribution in [-0.4, -0.2) is 19.6 Å². The molecule has 3 rings (SSSR count). The summed E-state index contributed by atoms with van der Waals surface area (Å²) in [6.45, 7) is 0.751. The second kappa shape index (κ2) is 5.57. The van der Waals surface area contributed by atoms with E-state index in [1.54, 1.807) is 24.5 Å².